The maximum Gasteiger partial charge on any atom is 0.416 e. The van der Waals surface area contributed by atoms with Crippen LogP contribution >= 0.6 is 0 Å². The molecule has 0 unspecified atom stereocenters. The van der Waals surface area contributed by atoms with Gasteiger partial charge in [0.15, 0.2) is 0 Å². The smallest absolute Gasteiger partial charge is 0.416 e. The summed E-state index contributed by atoms with van der Waals surface area (Å²) in [5.41, 5.74) is 0.500. The summed E-state index contributed by atoms with van der Waals surface area (Å²) in [6, 6.07) is 10.5. The first-order chi connectivity index (χ1) is 13.6. The van der Waals surface area contributed by atoms with Gasteiger partial charge in [0.1, 0.15) is 11.3 Å². The van der Waals surface area contributed by atoms with E-state index in [-0.39, 0.29) is 18.9 Å². The number of hydrogen-bond donors (Lipinski definition) is 1. The van der Waals surface area contributed by atoms with Crippen LogP contribution in [0.25, 0.3) is 11.0 Å². The summed E-state index contributed by atoms with van der Waals surface area (Å²) >= 11 is 0. The molecule has 0 atom stereocenters. The zero-order valence-corrected chi connectivity index (χ0v) is 16.4. The molecule has 154 valence electrons. The fourth-order valence-electron chi connectivity index (χ4n) is 3.10. The number of alkyl halides is 3. The van der Waals surface area contributed by atoms with Gasteiger partial charge in [-0.1, -0.05) is 32.0 Å². The monoisotopic (exact) mass is 405 g/mol. The third-order valence-electron chi connectivity index (χ3n) is 4.91. The van der Waals surface area contributed by atoms with Gasteiger partial charge in [0.05, 0.1) is 25.4 Å². The molecule has 2 aromatic carbocycles. The van der Waals surface area contributed by atoms with Crippen LogP contribution in [0.1, 0.15) is 30.5 Å². The number of halogens is 3. The first-order valence-electron chi connectivity index (χ1n) is 9.09. The summed E-state index contributed by atoms with van der Waals surface area (Å²) in [6.45, 7) is 3.79. The van der Waals surface area contributed by atoms with E-state index in [0.29, 0.717) is 16.9 Å². The van der Waals surface area contributed by atoms with Gasteiger partial charge in [-0.3, -0.25) is 4.79 Å². The summed E-state index contributed by atoms with van der Waals surface area (Å²) in [5.74, 6) is 0.425. The van der Waals surface area contributed by atoms with Crippen molar-refractivity contribution in [3.63, 3.8) is 0 Å². The molecule has 0 aliphatic rings. The lowest BCUT2D eigenvalue weighted by molar-refractivity contribution is -0.137. The molecule has 0 aliphatic heterocycles. The molecule has 0 saturated carbocycles. The molecule has 0 saturated heterocycles. The van der Waals surface area contributed by atoms with Gasteiger partial charge >= 0.3 is 6.18 Å². The van der Waals surface area contributed by atoms with Gasteiger partial charge in [-0.25, -0.2) is 0 Å². The van der Waals surface area contributed by atoms with Crippen LogP contribution in [-0.2, 0) is 22.8 Å². The number of hydrogen-bond acceptors (Lipinski definition) is 3. The van der Waals surface area contributed by atoms with Crippen LogP contribution in [0.5, 0.6) is 5.75 Å². The minimum atomic E-state index is -4.40. The van der Waals surface area contributed by atoms with E-state index >= 15 is 0 Å². The Kier molecular flexibility index (Phi) is 5.59. The third kappa shape index (κ3) is 4.72. The SMILES string of the molecule is COc1ccc2c(CC(=O)NCC(C)(C)c3cccc(C(F)(F)F)c3)coc2c1. The van der Waals surface area contributed by atoms with Gasteiger partial charge in [0.2, 0.25) is 5.91 Å². The number of rotatable bonds is 6. The van der Waals surface area contributed by atoms with Gasteiger partial charge in [0, 0.05) is 29.0 Å². The van der Waals surface area contributed by atoms with E-state index in [1.54, 1.807) is 39.2 Å². The van der Waals surface area contributed by atoms with Crippen molar-refractivity contribution in [2.75, 3.05) is 13.7 Å². The second-order valence-corrected chi connectivity index (χ2v) is 7.54. The highest BCUT2D eigenvalue weighted by Crippen LogP contribution is 2.32. The molecule has 3 aromatic rings. The summed E-state index contributed by atoms with van der Waals surface area (Å²) in [4.78, 5) is 12.4. The average Bonchev–Trinajstić information content (AvgIpc) is 3.08. The molecule has 1 aromatic heterocycles. The number of benzene rings is 2. The average molecular weight is 405 g/mol. The van der Waals surface area contributed by atoms with E-state index < -0.39 is 17.2 Å². The second kappa shape index (κ2) is 7.81. The largest absolute Gasteiger partial charge is 0.497 e. The Hall–Kier alpha value is -2.96. The van der Waals surface area contributed by atoms with Crippen molar-refractivity contribution in [3.05, 3.63) is 65.4 Å². The molecule has 1 amide bonds. The lowest BCUT2D eigenvalue weighted by Gasteiger charge is -2.26. The van der Waals surface area contributed by atoms with E-state index in [1.165, 1.54) is 12.3 Å². The third-order valence-corrected chi connectivity index (χ3v) is 4.91. The summed E-state index contributed by atoms with van der Waals surface area (Å²) < 4.78 is 49.5. The minimum absolute atomic E-state index is 0.109. The van der Waals surface area contributed by atoms with Gasteiger partial charge in [-0.2, -0.15) is 13.2 Å². The topological polar surface area (TPSA) is 51.5 Å². The number of nitrogens with one attached hydrogen (secondary N) is 1. The van der Waals surface area contributed by atoms with Crippen molar-refractivity contribution >= 4 is 16.9 Å². The first kappa shape index (κ1) is 20.8. The standard InChI is InChI=1S/C22H22F3NO3/c1-21(2,15-5-4-6-16(10-15)22(23,24)25)13-26-20(27)9-14-12-29-19-11-17(28-3)7-8-18(14)19/h4-8,10-12H,9,13H2,1-3H3,(H,26,27). The lowest BCUT2D eigenvalue weighted by Crippen LogP contribution is -2.37. The molecule has 0 aliphatic carbocycles. The summed E-state index contributed by atoms with van der Waals surface area (Å²) in [6.07, 6.45) is -2.76. The van der Waals surface area contributed by atoms with Crippen LogP contribution in [0.15, 0.2) is 53.1 Å². The molecule has 0 spiro atoms. The van der Waals surface area contributed by atoms with Crippen molar-refractivity contribution in [2.24, 2.45) is 0 Å². The lowest BCUT2D eigenvalue weighted by atomic mass is 9.83. The quantitative estimate of drug-likeness (QED) is 0.621. The van der Waals surface area contributed by atoms with Crippen LogP contribution in [0.4, 0.5) is 13.2 Å². The Labute approximate surface area is 166 Å². The number of carbonyl (C=O) groups excluding carboxylic acids is 1. The molecule has 3 rings (SSSR count). The predicted molar refractivity (Wildman–Crippen MR) is 104 cm³/mol. The maximum absolute atomic E-state index is 13.0. The van der Waals surface area contributed by atoms with E-state index in [0.717, 1.165) is 23.1 Å². The van der Waals surface area contributed by atoms with E-state index in [4.69, 9.17) is 9.15 Å². The normalized spacial score (nSPS) is 12.2. The number of amides is 1. The summed E-state index contributed by atoms with van der Waals surface area (Å²) in [7, 11) is 1.56. The Morgan fingerprint density at radius 2 is 1.83 bits per heavy atom. The molecule has 1 N–H and O–H groups in total. The highest BCUT2D eigenvalue weighted by molar-refractivity contribution is 5.88. The van der Waals surface area contributed by atoms with Crippen LogP contribution in [0.2, 0.25) is 0 Å². The van der Waals surface area contributed by atoms with Crippen LogP contribution < -0.4 is 10.1 Å². The highest BCUT2D eigenvalue weighted by atomic mass is 19.4. The zero-order chi connectivity index (χ0) is 21.2. The number of furan rings is 1. The van der Waals surface area contributed by atoms with Gasteiger partial charge in [-0.15, -0.1) is 0 Å². The molecule has 0 fully saturated rings. The van der Waals surface area contributed by atoms with E-state index in [1.807, 2.05) is 6.07 Å². The Morgan fingerprint density at radius 1 is 1.10 bits per heavy atom. The van der Waals surface area contributed by atoms with Crippen LogP contribution in [0, 0.1) is 0 Å². The highest BCUT2D eigenvalue weighted by Gasteiger charge is 2.32. The molecule has 29 heavy (non-hydrogen) atoms. The van der Waals surface area contributed by atoms with Crippen molar-refractivity contribution in [1.29, 1.82) is 0 Å². The molecule has 7 heteroatoms. The van der Waals surface area contributed by atoms with Crippen molar-refractivity contribution < 1.29 is 27.1 Å². The van der Waals surface area contributed by atoms with Crippen LogP contribution in [0.3, 0.4) is 0 Å². The fraction of sp³-hybridized carbons (Fsp3) is 0.318. The molecule has 0 bridgehead atoms. The van der Waals surface area contributed by atoms with Crippen molar-refractivity contribution in [3.8, 4) is 5.75 Å². The Morgan fingerprint density at radius 3 is 2.52 bits per heavy atom. The van der Waals surface area contributed by atoms with Gasteiger partial charge < -0.3 is 14.5 Å². The molecule has 1 heterocycles. The maximum atomic E-state index is 13.0. The number of methoxy groups -OCH3 is 1. The summed E-state index contributed by atoms with van der Waals surface area (Å²) in [5, 5.41) is 3.64. The van der Waals surface area contributed by atoms with E-state index in [2.05, 4.69) is 5.32 Å². The number of carbonyl (C=O) groups is 1. The van der Waals surface area contributed by atoms with Crippen molar-refractivity contribution in [1.82, 2.24) is 5.32 Å². The Bertz CT molecular complexity index is 1020. The molecular weight excluding hydrogens is 383 g/mol. The zero-order valence-electron chi connectivity index (χ0n) is 16.4. The minimum Gasteiger partial charge on any atom is -0.497 e. The second-order valence-electron chi connectivity index (χ2n) is 7.54. The van der Waals surface area contributed by atoms with Gasteiger partial charge in [-0.05, 0) is 23.8 Å². The number of ether oxygens (including phenoxy) is 1. The molecule has 0 radical (unpaired) electrons. The van der Waals surface area contributed by atoms with E-state index in [9.17, 15) is 18.0 Å². The fourth-order valence-corrected chi connectivity index (χ4v) is 3.10. The first-order valence-corrected chi connectivity index (χ1v) is 9.09. The number of fused-ring (bicyclic) bond motifs is 1. The van der Waals surface area contributed by atoms with Crippen molar-refractivity contribution in [2.45, 2.75) is 31.9 Å². The molecular formula is C22H22F3NO3. The predicted octanol–water partition coefficient (Wildman–Crippen LogP) is 5.10. The Balaban J connectivity index is 1.67. The van der Waals surface area contributed by atoms with Gasteiger partial charge in [0.25, 0.3) is 0 Å². The molecule has 4 nitrogen and oxygen atoms in total. The van der Waals surface area contributed by atoms with Crippen LogP contribution in [-0.4, -0.2) is 19.6 Å².